The number of hydrogen-bond acceptors (Lipinski definition) is 3. The normalized spacial score (nSPS) is 10.9. The lowest BCUT2D eigenvalue weighted by molar-refractivity contribution is 1.40. The van der Waals surface area contributed by atoms with E-state index in [-0.39, 0.29) is 0 Å². The van der Waals surface area contributed by atoms with E-state index in [2.05, 4.69) is 29.4 Å². The fourth-order valence-electron chi connectivity index (χ4n) is 1.86. The highest BCUT2D eigenvalue weighted by Gasteiger charge is 2.09. The van der Waals surface area contributed by atoms with E-state index in [9.17, 15) is 0 Å². The van der Waals surface area contributed by atoms with Crippen molar-refractivity contribution in [2.24, 2.45) is 0 Å². The molecule has 5 heteroatoms. The van der Waals surface area contributed by atoms with Crippen LogP contribution in [0.5, 0.6) is 0 Å². The predicted octanol–water partition coefficient (Wildman–Crippen LogP) is 5.66. The lowest BCUT2D eigenvalue weighted by Gasteiger charge is -2.05. The maximum absolute atomic E-state index is 6.16. The summed E-state index contributed by atoms with van der Waals surface area (Å²) in [5.74, 6) is 0. The van der Waals surface area contributed by atoms with Gasteiger partial charge in [-0.1, -0.05) is 52.7 Å². The van der Waals surface area contributed by atoms with E-state index in [1.807, 2.05) is 18.2 Å². The molecule has 1 N–H and O–H groups in total. The molecule has 1 heterocycles. The molecule has 0 unspecified atom stereocenters. The summed E-state index contributed by atoms with van der Waals surface area (Å²) in [6, 6.07) is 11.6. The number of rotatable bonds is 2. The maximum atomic E-state index is 6.16. The van der Waals surface area contributed by atoms with Gasteiger partial charge >= 0.3 is 0 Å². The van der Waals surface area contributed by atoms with Crippen molar-refractivity contribution < 1.29 is 0 Å². The first-order valence-electron chi connectivity index (χ1n) is 5.72. The number of anilines is 2. The third-order valence-corrected chi connectivity index (χ3v) is 4.57. The average Bonchev–Trinajstić information content (AvgIpc) is 2.79. The van der Waals surface area contributed by atoms with Crippen LogP contribution in [0.2, 0.25) is 10.0 Å². The second kappa shape index (κ2) is 5.00. The van der Waals surface area contributed by atoms with Gasteiger partial charge in [-0.15, -0.1) is 0 Å². The van der Waals surface area contributed by atoms with E-state index >= 15 is 0 Å². The lowest BCUT2D eigenvalue weighted by Crippen LogP contribution is -1.90. The van der Waals surface area contributed by atoms with E-state index in [1.165, 1.54) is 5.56 Å². The molecular weight excluding hydrogens is 299 g/mol. The zero-order chi connectivity index (χ0) is 13.4. The van der Waals surface area contributed by atoms with Gasteiger partial charge in [-0.25, -0.2) is 4.98 Å². The molecule has 0 saturated carbocycles. The first-order valence-corrected chi connectivity index (χ1v) is 7.29. The fourth-order valence-corrected chi connectivity index (χ4v) is 3.16. The second-order valence-corrected chi connectivity index (χ2v) is 5.98. The number of fused-ring (bicyclic) bond motifs is 1. The van der Waals surface area contributed by atoms with Gasteiger partial charge in [-0.3, -0.25) is 0 Å². The molecule has 0 spiro atoms. The average molecular weight is 309 g/mol. The minimum absolute atomic E-state index is 0.514. The first kappa shape index (κ1) is 12.7. The summed E-state index contributed by atoms with van der Waals surface area (Å²) in [5, 5.41) is 5.08. The Kier molecular flexibility index (Phi) is 3.35. The molecule has 0 radical (unpaired) electrons. The molecule has 0 aliphatic carbocycles. The van der Waals surface area contributed by atoms with Crippen molar-refractivity contribution in [3.8, 4) is 0 Å². The van der Waals surface area contributed by atoms with Crippen molar-refractivity contribution >= 4 is 55.6 Å². The molecule has 2 nitrogen and oxygen atoms in total. The van der Waals surface area contributed by atoms with Crippen LogP contribution < -0.4 is 5.32 Å². The molecule has 3 rings (SSSR count). The number of benzene rings is 2. The fraction of sp³-hybridized carbons (Fsp3) is 0.0714. The standard InChI is InChI=1S/C14H10Cl2N2S/c1-8-4-2-7-11-13(8)18-14(19-11)17-10-6-3-5-9(15)12(10)16/h2-7H,1H3,(H,17,18). The van der Waals surface area contributed by atoms with E-state index in [0.29, 0.717) is 10.0 Å². The van der Waals surface area contributed by atoms with Crippen LogP contribution in [0.25, 0.3) is 10.2 Å². The minimum atomic E-state index is 0.514. The van der Waals surface area contributed by atoms with Gasteiger partial charge in [0.1, 0.15) is 0 Å². The SMILES string of the molecule is Cc1cccc2sc(Nc3cccc(Cl)c3Cl)nc12. The number of thiazole rings is 1. The third-order valence-electron chi connectivity index (χ3n) is 2.81. The molecule has 0 aliphatic rings. The number of halogens is 2. The van der Waals surface area contributed by atoms with Crippen LogP contribution in [0, 0.1) is 6.92 Å². The van der Waals surface area contributed by atoms with E-state index in [4.69, 9.17) is 23.2 Å². The van der Waals surface area contributed by atoms with Gasteiger partial charge in [0.25, 0.3) is 0 Å². The molecule has 96 valence electrons. The van der Waals surface area contributed by atoms with Gasteiger partial charge < -0.3 is 5.32 Å². The number of nitrogens with zero attached hydrogens (tertiary/aromatic N) is 1. The molecule has 0 bridgehead atoms. The Morgan fingerprint density at radius 3 is 2.68 bits per heavy atom. The van der Waals surface area contributed by atoms with Crippen LogP contribution in [0.1, 0.15) is 5.56 Å². The Morgan fingerprint density at radius 2 is 1.89 bits per heavy atom. The molecule has 0 fully saturated rings. The number of nitrogens with one attached hydrogen (secondary N) is 1. The van der Waals surface area contributed by atoms with E-state index in [1.54, 1.807) is 17.4 Å². The topological polar surface area (TPSA) is 24.9 Å². The third kappa shape index (κ3) is 2.41. The van der Waals surface area contributed by atoms with Crippen LogP contribution in [-0.4, -0.2) is 4.98 Å². The quantitative estimate of drug-likeness (QED) is 0.661. The van der Waals surface area contributed by atoms with Gasteiger partial charge in [-0.2, -0.15) is 0 Å². The first-order chi connectivity index (χ1) is 9.15. The highest BCUT2D eigenvalue weighted by Crippen LogP contribution is 2.34. The molecule has 0 saturated heterocycles. The highest BCUT2D eigenvalue weighted by molar-refractivity contribution is 7.22. The van der Waals surface area contributed by atoms with Gasteiger partial charge in [0.2, 0.25) is 0 Å². The minimum Gasteiger partial charge on any atom is -0.330 e. The summed E-state index contributed by atoms with van der Waals surface area (Å²) in [4.78, 5) is 4.58. The van der Waals surface area contributed by atoms with Crippen LogP contribution in [0.4, 0.5) is 10.8 Å². The number of hydrogen-bond donors (Lipinski definition) is 1. The summed E-state index contributed by atoms with van der Waals surface area (Å²) in [6.07, 6.45) is 0. The predicted molar refractivity (Wildman–Crippen MR) is 84.1 cm³/mol. The highest BCUT2D eigenvalue weighted by atomic mass is 35.5. The molecule has 0 aliphatic heterocycles. The van der Waals surface area contributed by atoms with E-state index in [0.717, 1.165) is 21.0 Å². The molecule has 3 aromatic rings. The van der Waals surface area contributed by atoms with Crippen molar-refractivity contribution in [1.29, 1.82) is 0 Å². The second-order valence-electron chi connectivity index (χ2n) is 4.17. The van der Waals surface area contributed by atoms with Crippen molar-refractivity contribution in [1.82, 2.24) is 4.98 Å². The van der Waals surface area contributed by atoms with Gasteiger partial charge in [0.15, 0.2) is 5.13 Å². The number of para-hydroxylation sites is 1. The molecule has 19 heavy (non-hydrogen) atoms. The Hall–Kier alpha value is -1.29. The van der Waals surface area contributed by atoms with Crippen molar-refractivity contribution in [3.63, 3.8) is 0 Å². The Labute approximate surface area is 125 Å². The zero-order valence-corrected chi connectivity index (χ0v) is 12.4. The largest absolute Gasteiger partial charge is 0.330 e. The molecule has 1 aromatic heterocycles. The van der Waals surface area contributed by atoms with Crippen LogP contribution >= 0.6 is 34.5 Å². The summed E-state index contributed by atoms with van der Waals surface area (Å²) < 4.78 is 1.15. The number of aromatic nitrogens is 1. The summed E-state index contributed by atoms with van der Waals surface area (Å²) >= 11 is 13.7. The summed E-state index contributed by atoms with van der Waals surface area (Å²) in [5.41, 5.74) is 2.96. The summed E-state index contributed by atoms with van der Waals surface area (Å²) in [7, 11) is 0. The Bertz CT molecular complexity index is 752. The van der Waals surface area contributed by atoms with Crippen molar-refractivity contribution in [2.45, 2.75) is 6.92 Å². The monoisotopic (exact) mass is 308 g/mol. The Balaban J connectivity index is 2.02. The van der Waals surface area contributed by atoms with Crippen LogP contribution in [-0.2, 0) is 0 Å². The van der Waals surface area contributed by atoms with E-state index < -0.39 is 0 Å². The van der Waals surface area contributed by atoms with Gasteiger partial charge in [0.05, 0.1) is 25.9 Å². The Morgan fingerprint density at radius 1 is 1.11 bits per heavy atom. The van der Waals surface area contributed by atoms with Gasteiger partial charge in [-0.05, 0) is 30.7 Å². The number of aryl methyl sites for hydroxylation is 1. The molecule has 2 aromatic carbocycles. The van der Waals surface area contributed by atoms with Crippen molar-refractivity contribution in [2.75, 3.05) is 5.32 Å². The molecule has 0 amide bonds. The maximum Gasteiger partial charge on any atom is 0.188 e. The zero-order valence-electron chi connectivity index (χ0n) is 10.1. The molecular formula is C14H10Cl2N2S. The van der Waals surface area contributed by atoms with Crippen LogP contribution in [0.15, 0.2) is 36.4 Å². The van der Waals surface area contributed by atoms with Crippen molar-refractivity contribution in [3.05, 3.63) is 52.0 Å². The smallest absolute Gasteiger partial charge is 0.188 e. The van der Waals surface area contributed by atoms with Crippen LogP contribution in [0.3, 0.4) is 0 Å². The summed E-state index contributed by atoms with van der Waals surface area (Å²) in [6.45, 7) is 2.05. The van der Waals surface area contributed by atoms with Gasteiger partial charge in [0, 0.05) is 0 Å². The lowest BCUT2D eigenvalue weighted by atomic mass is 10.2. The molecule has 0 atom stereocenters.